The molecule has 53 heavy (non-hydrogen) atoms. The van der Waals surface area contributed by atoms with Crippen LogP contribution in [0, 0.1) is 24.2 Å². The van der Waals surface area contributed by atoms with E-state index in [4.69, 9.17) is 16.3 Å². The summed E-state index contributed by atoms with van der Waals surface area (Å²) in [6.07, 6.45) is 8.13. The zero-order valence-electron chi connectivity index (χ0n) is 30.6. The van der Waals surface area contributed by atoms with Crippen LogP contribution in [0.2, 0.25) is 5.02 Å². The summed E-state index contributed by atoms with van der Waals surface area (Å²) in [5.41, 5.74) is 5.08. The van der Waals surface area contributed by atoms with E-state index in [1.165, 1.54) is 0 Å². The molecule has 2 aliphatic heterocycles. The molecule has 2 saturated heterocycles. The third-order valence-corrected chi connectivity index (χ3v) is 11.7. The molecule has 7 rings (SSSR count). The maximum Gasteiger partial charge on any atom is 0.272 e. The molecule has 13 heteroatoms. The van der Waals surface area contributed by atoms with Gasteiger partial charge in [0.05, 0.1) is 27.7 Å². The number of rotatable bonds is 10. The summed E-state index contributed by atoms with van der Waals surface area (Å²) in [5, 5.41) is 21.5. The van der Waals surface area contributed by atoms with E-state index >= 15 is 0 Å². The predicted octanol–water partition coefficient (Wildman–Crippen LogP) is 5.26. The van der Waals surface area contributed by atoms with Crippen molar-refractivity contribution in [1.82, 2.24) is 35.3 Å². The first-order valence-electron chi connectivity index (χ1n) is 19.0. The molecule has 0 unspecified atom stereocenters. The number of nitrogens with zero attached hydrogens (tertiary/aromatic N) is 7. The number of benzene rings is 1. The van der Waals surface area contributed by atoms with Gasteiger partial charge in [-0.2, -0.15) is 5.26 Å². The Morgan fingerprint density at radius 3 is 2.45 bits per heavy atom. The third-order valence-electron chi connectivity index (χ3n) is 11.2. The van der Waals surface area contributed by atoms with Gasteiger partial charge in [-0.1, -0.05) is 18.5 Å². The molecule has 1 aliphatic carbocycles. The fourth-order valence-electron chi connectivity index (χ4n) is 7.87. The van der Waals surface area contributed by atoms with Crippen molar-refractivity contribution < 1.29 is 9.53 Å². The summed E-state index contributed by atoms with van der Waals surface area (Å²) in [4.78, 5) is 40.3. The van der Waals surface area contributed by atoms with Crippen LogP contribution in [-0.2, 0) is 13.0 Å². The molecule has 4 aromatic rings. The maximum absolute atomic E-state index is 13.0. The number of ether oxygens (including phenoxy) is 1. The summed E-state index contributed by atoms with van der Waals surface area (Å²) in [6, 6.07) is 13.3. The van der Waals surface area contributed by atoms with Gasteiger partial charge in [0.2, 0.25) is 0 Å². The number of aromatic nitrogens is 4. The van der Waals surface area contributed by atoms with Gasteiger partial charge >= 0.3 is 0 Å². The Hall–Kier alpha value is -4.57. The lowest BCUT2D eigenvalue weighted by atomic mass is 9.92. The molecule has 3 aliphatic rings. The number of H-pyrrole nitrogens is 1. The molecule has 3 aromatic heterocycles. The maximum atomic E-state index is 13.0. The molecule has 0 radical (unpaired) electrons. The summed E-state index contributed by atoms with van der Waals surface area (Å²) in [5.74, 6) is 1.98. The van der Waals surface area contributed by atoms with E-state index in [1.54, 1.807) is 12.1 Å². The number of hydrogen-bond acceptors (Lipinski definition) is 10. The largest absolute Gasteiger partial charge is 0.490 e. The molecule has 5 heterocycles. The Morgan fingerprint density at radius 1 is 1.00 bits per heavy atom. The van der Waals surface area contributed by atoms with Gasteiger partial charge in [-0.3, -0.25) is 19.5 Å². The Kier molecular flexibility index (Phi) is 11.5. The Morgan fingerprint density at radius 2 is 1.75 bits per heavy atom. The smallest absolute Gasteiger partial charge is 0.272 e. The van der Waals surface area contributed by atoms with Crippen LogP contribution in [0.15, 0.2) is 47.4 Å². The second kappa shape index (κ2) is 16.6. The highest BCUT2D eigenvalue weighted by molar-refractivity contribution is 6.32. The average Bonchev–Trinajstić information content (AvgIpc) is 3.18. The molecule has 12 nitrogen and oxygen atoms in total. The second-order valence-corrected chi connectivity index (χ2v) is 15.1. The van der Waals surface area contributed by atoms with Crippen molar-refractivity contribution in [2.24, 2.45) is 5.92 Å². The first kappa shape index (κ1) is 36.8. The van der Waals surface area contributed by atoms with Crippen LogP contribution in [-0.4, -0.2) is 93.8 Å². The third kappa shape index (κ3) is 8.81. The number of piperazine rings is 1. The Balaban J connectivity index is 0.807. The number of hydrogen-bond donors (Lipinski definition) is 2. The molecule has 3 fully saturated rings. The summed E-state index contributed by atoms with van der Waals surface area (Å²) in [6.45, 7) is 11.8. The number of halogens is 1. The van der Waals surface area contributed by atoms with E-state index in [2.05, 4.69) is 52.3 Å². The fourth-order valence-corrected chi connectivity index (χ4v) is 8.07. The fraction of sp³-hybridized carbons (Fsp3) is 0.500. The van der Waals surface area contributed by atoms with Crippen LogP contribution in [0.25, 0.3) is 11.0 Å². The van der Waals surface area contributed by atoms with Crippen molar-refractivity contribution >= 4 is 34.4 Å². The zero-order chi connectivity index (χ0) is 36.9. The Labute approximate surface area is 315 Å². The molecule has 0 bridgehead atoms. The average molecular weight is 738 g/mol. The lowest BCUT2D eigenvalue weighted by Gasteiger charge is -2.39. The van der Waals surface area contributed by atoms with E-state index in [0.29, 0.717) is 34.4 Å². The molecule has 2 N–H and O–H groups in total. The summed E-state index contributed by atoms with van der Waals surface area (Å²) >= 11 is 6.31. The quantitative estimate of drug-likeness (QED) is 0.221. The van der Waals surface area contributed by atoms with Gasteiger partial charge in [-0.25, -0.2) is 0 Å². The summed E-state index contributed by atoms with van der Waals surface area (Å²) < 4.78 is 6.21. The molecule has 1 amide bonds. The highest BCUT2D eigenvalue weighted by atomic mass is 35.5. The van der Waals surface area contributed by atoms with Gasteiger partial charge in [0, 0.05) is 75.7 Å². The van der Waals surface area contributed by atoms with Crippen molar-refractivity contribution in [3.05, 3.63) is 85.9 Å². The number of carbonyl (C=O) groups excluding carboxylic acids is 1. The number of fused-ring (bicyclic) bond motifs is 1. The number of aryl methyl sites for hydroxylation is 1. The number of anilines is 1. The van der Waals surface area contributed by atoms with Crippen LogP contribution in [0.1, 0.15) is 78.2 Å². The van der Waals surface area contributed by atoms with Gasteiger partial charge in [-0.05, 0) is 99.7 Å². The van der Waals surface area contributed by atoms with Crippen molar-refractivity contribution in [1.29, 1.82) is 5.26 Å². The number of nitriles is 1. The van der Waals surface area contributed by atoms with E-state index in [9.17, 15) is 14.9 Å². The van der Waals surface area contributed by atoms with Crippen molar-refractivity contribution in [3.8, 4) is 11.8 Å². The minimum atomic E-state index is -0.197. The molecule has 0 spiro atoms. The highest BCUT2D eigenvalue weighted by Gasteiger charge is 2.27. The normalized spacial score (nSPS) is 20.3. The number of piperidine rings is 1. The lowest BCUT2D eigenvalue weighted by molar-refractivity contribution is 0.0887. The summed E-state index contributed by atoms with van der Waals surface area (Å²) in [7, 11) is 0. The minimum absolute atomic E-state index is 0.0223. The van der Waals surface area contributed by atoms with Gasteiger partial charge in [0.1, 0.15) is 11.8 Å². The van der Waals surface area contributed by atoms with Crippen LogP contribution in [0.3, 0.4) is 0 Å². The first-order valence-corrected chi connectivity index (χ1v) is 19.3. The van der Waals surface area contributed by atoms with Crippen molar-refractivity contribution in [3.63, 3.8) is 0 Å². The van der Waals surface area contributed by atoms with Gasteiger partial charge in [0.15, 0.2) is 11.5 Å². The van der Waals surface area contributed by atoms with Gasteiger partial charge in [0.25, 0.3) is 11.5 Å². The monoisotopic (exact) mass is 737 g/mol. The molecule has 1 saturated carbocycles. The molecule has 1 aromatic carbocycles. The van der Waals surface area contributed by atoms with E-state index in [1.807, 2.05) is 38.2 Å². The van der Waals surface area contributed by atoms with Gasteiger partial charge in [-0.15, -0.1) is 10.2 Å². The molecule has 278 valence electrons. The number of carbonyl (C=O) groups is 1. The second-order valence-electron chi connectivity index (χ2n) is 14.8. The number of pyridine rings is 2. The van der Waals surface area contributed by atoms with Crippen molar-refractivity contribution in [2.45, 2.75) is 77.5 Å². The first-order chi connectivity index (χ1) is 25.8. The van der Waals surface area contributed by atoms with Crippen molar-refractivity contribution in [2.75, 3.05) is 50.7 Å². The zero-order valence-corrected chi connectivity index (χ0v) is 31.4. The minimum Gasteiger partial charge on any atom is -0.490 e. The molecule has 0 atom stereocenters. The SMILES string of the molecule is CCc1cc2ncc(CN3CCN(CC4CCN(c5ccc(C(=O)N[C@H]6CC[C@H](Oc7ccc(C#N)c(Cl)c7C)CC6)nn5)CC4)CC3)cc2[nH]c1=O. The molecular weight excluding hydrogens is 690 g/mol. The lowest BCUT2D eigenvalue weighted by Crippen LogP contribution is -2.48. The number of aromatic amines is 1. The number of nitrogens with one attached hydrogen (secondary N) is 2. The standard InChI is InChI=1S/C40H48ClN9O3/c1-3-29-21-34-35(45-39(29)51)20-28(23-43-34)25-49-18-16-48(17-19-49)24-27-12-14-50(15-13-27)37-11-9-33(46-47-37)40(52)44-31-5-7-32(8-6-31)53-36-10-4-30(22-42)38(41)26(36)2/h4,9-11,20-21,23,27,31-32H,3,5-8,12-19,24-25H2,1-2H3,(H,44,52)(H,45,51)/t31-,32-. The topological polar surface area (TPSA) is 143 Å². The van der Waals surface area contributed by atoms with E-state index in [-0.39, 0.29) is 23.6 Å². The Bertz CT molecular complexity index is 2010. The highest BCUT2D eigenvalue weighted by Crippen LogP contribution is 2.32. The predicted molar refractivity (Wildman–Crippen MR) is 205 cm³/mol. The molecular formula is C40H48ClN9O3. The van der Waals surface area contributed by atoms with Crippen LogP contribution < -0.4 is 20.5 Å². The number of amides is 1. The van der Waals surface area contributed by atoms with Gasteiger partial charge < -0.3 is 24.8 Å². The van der Waals surface area contributed by atoms with Crippen LogP contribution >= 0.6 is 11.6 Å². The van der Waals surface area contributed by atoms with E-state index < -0.39 is 0 Å². The van der Waals surface area contributed by atoms with E-state index in [0.717, 1.165) is 124 Å². The van der Waals surface area contributed by atoms with Crippen LogP contribution in [0.5, 0.6) is 5.75 Å². The van der Waals surface area contributed by atoms with Crippen LogP contribution in [0.4, 0.5) is 5.82 Å².